The third-order valence-corrected chi connectivity index (χ3v) is 5.42. The number of hydrogen-bond acceptors (Lipinski definition) is 7. The molecule has 0 unspecified atom stereocenters. The lowest BCUT2D eigenvalue weighted by Crippen LogP contribution is -2.48. The second-order valence-electron chi connectivity index (χ2n) is 7.24. The molecule has 150 valence electrons. The predicted octanol–water partition coefficient (Wildman–Crippen LogP) is 2.11. The van der Waals surface area contributed by atoms with E-state index in [0.717, 1.165) is 43.0 Å². The first-order chi connectivity index (χ1) is 14.7. The quantitative estimate of drug-likeness (QED) is 0.522. The number of aromatic nitrogens is 5. The number of nitrogens with zero attached hydrogens (tertiary/aromatic N) is 7. The molecule has 0 N–H and O–H groups in total. The fraction of sp³-hybridized carbons (Fsp3) is 0.227. The molecule has 1 aliphatic heterocycles. The second-order valence-corrected chi connectivity index (χ2v) is 7.24. The van der Waals surface area contributed by atoms with Gasteiger partial charge in [0.15, 0.2) is 0 Å². The summed E-state index contributed by atoms with van der Waals surface area (Å²) in [5.41, 5.74) is 2.60. The molecule has 4 aromatic rings. The highest BCUT2D eigenvalue weighted by atomic mass is 16.1. The Morgan fingerprint density at radius 2 is 1.57 bits per heavy atom. The molecule has 8 nitrogen and oxygen atoms in total. The number of anilines is 2. The highest BCUT2D eigenvalue weighted by molar-refractivity contribution is 5.78. The minimum atomic E-state index is -0.0218. The molecule has 1 saturated heterocycles. The summed E-state index contributed by atoms with van der Waals surface area (Å²) in [6.07, 6.45) is 5.31. The summed E-state index contributed by atoms with van der Waals surface area (Å²) in [4.78, 5) is 35.0. The van der Waals surface area contributed by atoms with Crippen LogP contribution in [0.15, 0.2) is 65.8 Å². The van der Waals surface area contributed by atoms with Crippen molar-refractivity contribution in [1.82, 2.24) is 24.5 Å². The van der Waals surface area contributed by atoms with E-state index in [1.807, 2.05) is 42.5 Å². The number of para-hydroxylation sites is 1. The van der Waals surface area contributed by atoms with Crippen molar-refractivity contribution in [1.29, 1.82) is 0 Å². The molecular formula is C22H21N7O. The van der Waals surface area contributed by atoms with Crippen molar-refractivity contribution >= 4 is 22.8 Å². The first-order valence-electron chi connectivity index (χ1n) is 9.90. The lowest BCUT2D eigenvalue weighted by Gasteiger charge is -2.35. The molecule has 0 atom stereocenters. The molecule has 0 bridgehead atoms. The van der Waals surface area contributed by atoms with Gasteiger partial charge in [0, 0.05) is 57.4 Å². The Labute approximate surface area is 173 Å². The first-order valence-corrected chi connectivity index (χ1v) is 9.90. The zero-order valence-corrected chi connectivity index (χ0v) is 16.6. The molecule has 0 radical (unpaired) electrons. The molecule has 0 amide bonds. The van der Waals surface area contributed by atoms with Gasteiger partial charge in [0.2, 0.25) is 11.9 Å². The predicted molar refractivity (Wildman–Crippen MR) is 117 cm³/mol. The third kappa shape index (κ3) is 3.26. The standard InChI is InChI=1S/C22H21N7O/c1-27-20(30)17-4-2-3-5-19(17)26-22(27)29-14-12-28(13-15-29)21-24-11-8-18(25-21)16-6-9-23-10-7-16/h2-11H,12-15H2,1H3. The molecule has 8 heteroatoms. The summed E-state index contributed by atoms with van der Waals surface area (Å²) < 4.78 is 1.64. The molecule has 0 saturated carbocycles. The van der Waals surface area contributed by atoms with Crippen molar-refractivity contribution in [2.45, 2.75) is 0 Å². The fourth-order valence-corrected chi connectivity index (χ4v) is 3.78. The summed E-state index contributed by atoms with van der Waals surface area (Å²) >= 11 is 0. The van der Waals surface area contributed by atoms with Crippen LogP contribution in [0.3, 0.4) is 0 Å². The van der Waals surface area contributed by atoms with Crippen molar-refractivity contribution in [2.24, 2.45) is 7.05 Å². The number of pyridine rings is 1. The smallest absolute Gasteiger partial charge is 0.262 e. The maximum atomic E-state index is 12.7. The normalized spacial score (nSPS) is 14.3. The summed E-state index contributed by atoms with van der Waals surface area (Å²) in [5, 5.41) is 0.642. The molecule has 3 aromatic heterocycles. The molecule has 0 aliphatic carbocycles. The van der Waals surface area contributed by atoms with Crippen LogP contribution in [-0.2, 0) is 7.05 Å². The van der Waals surface area contributed by atoms with Crippen molar-refractivity contribution in [3.05, 3.63) is 71.4 Å². The minimum Gasteiger partial charge on any atom is -0.339 e. The summed E-state index contributed by atoms with van der Waals surface area (Å²) in [5.74, 6) is 1.41. The Kier molecular flexibility index (Phi) is 4.59. The number of piperazine rings is 1. The van der Waals surface area contributed by atoms with E-state index in [1.165, 1.54) is 0 Å². The molecule has 5 rings (SSSR count). The molecule has 30 heavy (non-hydrogen) atoms. The Bertz CT molecular complexity index is 1250. The van der Waals surface area contributed by atoms with Crippen molar-refractivity contribution < 1.29 is 0 Å². The molecular weight excluding hydrogens is 378 g/mol. The third-order valence-electron chi connectivity index (χ3n) is 5.42. The van der Waals surface area contributed by atoms with Crippen LogP contribution in [0.1, 0.15) is 0 Å². The van der Waals surface area contributed by atoms with Gasteiger partial charge in [-0.2, -0.15) is 0 Å². The van der Waals surface area contributed by atoms with Gasteiger partial charge >= 0.3 is 0 Å². The fourth-order valence-electron chi connectivity index (χ4n) is 3.78. The van der Waals surface area contributed by atoms with E-state index in [-0.39, 0.29) is 5.56 Å². The van der Waals surface area contributed by atoms with Crippen molar-refractivity contribution in [2.75, 3.05) is 36.0 Å². The highest BCUT2D eigenvalue weighted by Crippen LogP contribution is 2.21. The van der Waals surface area contributed by atoms with Crippen LogP contribution in [0.5, 0.6) is 0 Å². The summed E-state index contributed by atoms with van der Waals surface area (Å²) in [6, 6.07) is 13.3. The number of rotatable bonds is 3. The Morgan fingerprint density at radius 3 is 2.37 bits per heavy atom. The monoisotopic (exact) mass is 399 g/mol. The van der Waals surface area contributed by atoms with Gasteiger partial charge in [0.1, 0.15) is 0 Å². The van der Waals surface area contributed by atoms with Crippen LogP contribution in [0.2, 0.25) is 0 Å². The van der Waals surface area contributed by atoms with Gasteiger partial charge in [-0.3, -0.25) is 14.3 Å². The van der Waals surface area contributed by atoms with Gasteiger partial charge < -0.3 is 9.80 Å². The van der Waals surface area contributed by atoms with Crippen LogP contribution >= 0.6 is 0 Å². The van der Waals surface area contributed by atoms with E-state index < -0.39 is 0 Å². The topological polar surface area (TPSA) is 80.0 Å². The molecule has 0 spiro atoms. The average Bonchev–Trinajstić information content (AvgIpc) is 2.82. The maximum Gasteiger partial charge on any atom is 0.262 e. The molecule has 1 fully saturated rings. The zero-order valence-electron chi connectivity index (χ0n) is 16.6. The molecule has 1 aromatic carbocycles. The lowest BCUT2D eigenvalue weighted by atomic mass is 10.2. The van der Waals surface area contributed by atoms with Crippen molar-refractivity contribution in [3.8, 4) is 11.3 Å². The van der Waals surface area contributed by atoms with E-state index >= 15 is 0 Å². The van der Waals surface area contributed by atoms with E-state index in [4.69, 9.17) is 9.97 Å². The van der Waals surface area contributed by atoms with Crippen LogP contribution in [0.4, 0.5) is 11.9 Å². The summed E-state index contributed by atoms with van der Waals surface area (Å²) in [7, 11) is 1.78. The van der Waals surface area contributed by atoms with Crippen LogP contribution in [-0.4, -0.2) is 50.7 Å². The van der Waals surface area contributed by atoms with E-state index in [1.54, 1.807) is 30.2 Å². The largest absolute Gasteiger partial charge is 0.339 e. The summed E-state index contributed by atoms with van der Waals surface area (Å²) in [6.45, 7) is 2.98. The van der Waals surface area contributed by atoms with E-state index in [2.05, 4.69) is 19.8 Å². The van der Waals surface area contributed by atoms with Gasteiger partial charge in [-0.05, 0) is 30.3 Å². The highest BCUT2D eigenvalue weighted by Gasteiger charge is 2.22. The first kappa shape index (κ1) is 18.2. The van der Waals surface area contributed by atoms with Gasteiger partial charge in [0.25, 0.3) is 5.56 Å². The van der Waals surface area contributed by atoms with Gasteiger partial charge in [-0.25, -0.2) is 15.0 Å². The van der Waals surface area contributed by atoms with Crippen LogP contribution in [0, 0.1) is 0 Å². The Morgan fingerprint density at radius 1 is 0.833 bits per heavy atom. The minimum absolute atomic E-state index is 0.0218. The van der Waals surface area contributed by atoms with Gasteiger partial charge in [-0.15, -0.1) is 0 Å². The Balaban J connectivity index is 1.37. The number of fused-ring (bicyclic) bond motifs is 1. The van der Waals surface area contributed by atoms with Crippen LogP contribution in [0.25, 0.3) is 22.2 Å². The van der Waals surface area contributed by atoms with Crippen molar-refractivity contribution in [3.63, 3.8) is 0 Å². The average molecular weight is 399 g/mol. The van der Waals surface area contributed by atoms with Gasteiger partial charge in [-0.1, -0.05) is 12.1 Å². The SMILES string of the molecule is Cn1c(N2CCN(c3nccc(-c4ccncc4)n3)CC2)nc2ccccc2c1=O. The zero-order chi connectivity index (χ0) is 20.5. The molecule has 4 heterocycles. The maximum absolute atomic E-state index is 12.7. The van der Waals surface area contributed by atoms with Crippen LogP contribution < -0.4 is 15.4 Å². The Hall–Kier alpha value is -3.81. The second kappa shape index (κ2) is 7.55. The van der Waals surface area contributed by atoms with E-state index in [0.29, 0.717) is 17.3 Å². The molecule has 1 aliphatic rings. The van der Waals surface area contributed by atoms with Gasteiger partial charge in [0.05, 0.1) is 16.6 Å². The lowest BCUT2D eigenvalue weighted by molar-refractivity contribution is 0.613. The van der Waals surface area contributed by atoms with E-state index in [9.17, 15) is 4.79 Å². The number of benzene rings is 1. The number of hydrogen-bond donors (Lipinski definition) is 0.